The molecular weight excluding hydrogens is 138 g/mol. The van der Waals surface area contributed by atoms with E-state index in [-0.39, 0.29) is 5.54 Å². The highest BCUT2D eigenvalue weighted by Crippen LogP contribution is 2.05. The predicted octanol–water partition coefficient (Wildman–Crippen LogP) is 0.657. The molecule has 0 aliphatic carbocycles. The summed E-state index contributed by atoms with van der Waals surface area (Å²) < 4.78 is 0. The minimum absolute atomic E-state index is 0.176. The molecule has 0 radical (unpaired) electrons. The molecule has 0 atom stereocenters. The lowest BCUT2D eigenvalue weighted by atomic mass is 10.1. The molecule has 0 heterocycles. The molecule has 0 aliphatic rings. The Morgan fingerprint density at radius 2 is 2.09 bits per heavy atom. The molecule has 0 bridgehead atoms. The van der Waals surface area contributed by atoms with Crippen molar-refractivity contribution in [3.05, 3.63) is 11.8 Å². The number of hydrogen-bond donors (Lipinski definition) is 2. The van der Waals surface area contributed by atoms with Gasteiger partial charge in [0.15, 0.2) is 0 Å². The molecule has 0 saturated carbocycles. The number of nitrogens with zero attached hydrogens (tertiary/aromatic N) is 1. The molecule has 0 fully saturated rings. The minimum Gasteiger partial charge on any atom is -0.404 e. The van der Waals surface area contributed by atoms with Gasteiger partial charge < -0.3 is 11.5 Å². The van der Waals surface area contributed by atoms with E-state index in [9.17, 15) is 0 Å². The molecule has 0 amide bonds. The average molecular weight is 155 g/mol. The van der Waals surface area contributed by atoms with Crippen LogP contribution in [-0.2, 0) is 0 Å². The Balaban J connectivity index is 4.12. The lowest BCUT2D eigenvalue weighted by Crippen LogP contribution is -2.28. The van der Waals surface area contributed by atoms with Crippen LogP contribution in [0.2, 0.25) is 0 Å². The zero-order valence-corrected chi connectivity index (χ0v) is 7.46. The topological polar surface area (TPSA) is 64.4 Å². The Hall–Kier alpha value is -0.830. The number of aliphatic imine (C=N–C) groups is 1. The van der Waals surface area contributed by atoms with Crippen LogP contribution in [0.4, 0.5) is 0 Å². The number of hydrogen-bond acceptors (Lipinski definition) is 3. The van der Waals surface area contributed by atoms with Gasteiger partial charge in [-0.2, -0.15) is 0 Å². The first-order chi connectivity index (χ1) is 5.02. The van der Waals surface area contributed by atoms with Crippen LogP contribution in [0.1, 0.15) is 20.8 Å². The van der Waals surface area contributed by atoms with Crippen LogP contribution in [0.15, 0.2) is 16.8 Å². The molecule has 0 saturated heterocycles. The zero-order chi connectivity index (χ0) is 8.91. The number of rotatable bonds is 3. The van der Waals surface area contributed by atoms with Crippen molar-refractivity contribution in [2.75, 3.05) is 6.54 Å². The van der Waals surface area contributed by atoms with Gasteiger partial charge in [-0.3, -0.25) is 4.99 Å². The van der Waals surface area contributed by atoms with Crippen molar-refractivity contribution in [3.63, 3.8) is 0 Å². The summed E-state index contributed by atoms with van der Waals surface area (Å²) in [4.78, 5) is 4.25. The molecule has 3 nitrogen and oxygen atoms in total. The van der Waals surface area contributed by atoms with Crippen molar-refractivity contribution in [1.82, 2.24) is 0 Å². The summed E-state index contributed by atoms with van der Waals surface area (Å²) in [5.41, 5.74) is 11.5. The zero-order valence-electron chi connectivity index (χ0n) is 7.46. The fraction of sp³-hybridized carbons (Fsp3) is 0.625. The average Bonchev–Trinajstić information content (AvgIpc) is 2.00. The largest absolute Gasteiger partial charge is 0.404 e. The second-order valence-electron chi connectivity index (χ2n) is 3.19. The lowest BCUT2D eigenvalue weighted by Gasteiger charge is -2.15. The first kappa shape index (κ1) is 10.2. The van der Waals surface area contributed by atoms with Gasteiger partial charge in [-0.25, -0.2) is 0 Å². The Morgan fingerprint density at radius 1 is 1.55 bits per heavy atom. The number of allylic oxidation sites excluding steroid dienone is 1. The van der Waals surface area contributed by atoms with E-state index < -0.39 is 0 Å². The summed E-state index contributed by atoms with van der Waals surface area (Å²) in [5, 5.41) is 0. The van der Waals surface area contributed by atoms with E-state index in [0.29, 0.717) is 6.54 Å². The van der Waals surface area contributed by atoms with Crippen molar-refractivity contribution in [3.8, 4) is 0 Å². The van der Waals surface area contributed by atoms with Crippen molar-refractivity contribution in [2.24, 2.45) is 16.5 Å². The van der Waals surface area contributed by atoms with E-state index in [4.69, 9.17) is 11.5 Å². The van der Waals surface area contributed by atoms with Gasteiger partial charge in [0.25, 0.3) is 0 Å². The Morgan fingerprint density at radius 3 is 2.45 bits per heavy atom. The van der Waals surface area contributed by atoms with Crippen molar-refractivity contribution < 1.29 is 0 Å². The molecular formula is C8H17N3. The SMILES string of the molecule is C/C(C=NC(C)(C)CN)=C/N. The third kappa shape index (κ3) is 4.56. The van der Waals surface area contributed by atoms with Gasteiger partial charge in [0.05, 0.1) is 5.54 Å². The third-order valence-corrected chi connectivity index (χ3v) is 1.38. The van der Waals surface area contributed by atoms with Crippen LogP contribution in [0.5, 0.6) is 0 Å². The smallest absolute Gasteiger partial charge is 0.0673 e. The Bertz CT molecular complexity index is 168. The highest BCUT2D eigenvalue weighted by atomic mass is 14.9. The predicted molar refractivity (Wildman–Crippen MR) is 49.6 cm³/mol. The summed E-state index contributed by atoms with van der Waals surface area (Å²) in [6.07, 6.45) is 3.27. The molecule has 0 aromatic carbocycles. The van der Waals surface area contributed by atoms with E-state index in [2.05, 4.69) is 4.99 Å². The van der Waals surface area contributed by atoms with Gasteiger partial charge in [-0.1, -0.05) is 0 Å². The fourth-order valence-corrected chi connectivity index (χ4v) is 0.372. The van der Waals surface area contributed by atoms with E-state index in [1.807, 2.05) is 20.8 Å². The molecule has 0 aromatic heterocycles. The third-order valence-electron chi connectivity index (χ3n) is 1.38. The van der Waals surface area contributed by atoms with Crippen molar-refractivity contribution in [2.45, 2.75) is 26.3 Å². The lowest BCUT2D eigenvalue weighted by molar-refractivity contribution is 0.538. The first-order valence-electron chi connectivity index (χ1n) is 3.65. The van der Waals surface area contributed by atoms with Gasteiger partial charge in [-0.05, 0) is 32.5 Å². The van der Waals surface area contributed by atoms with E-state index in [1.54, 1.807) is 6.21 Å². The molecule has 0 unspecified atom stereocenters. The maximum absolute atomic E-state index is 5.47. The quantitative estimate of drug-likeness (QED) is 0.588. The maximum Gasteiger partial charge on any atom is 0.0673 e. The minimum atomic E-state index is -0.176. The van der Waals surface area contributed by atoms with Gasteiger partial charge in [0.2, 0.25) is 0 Å². The number of nitrogens with two attached hydrogens (primary N) is 2. The van der Waals surface area contributed by atoms with E-state index in [0.717, 1.165) is 5.57 Å². The Kier molecular flexibility index (Phi) is 3.82. The van der Waals surface area contributed by atoms with Crippen LogP contribution >= 0.6 is 0 Å². The highest BCUT2D eigenvalue weighted by Gasteiger charge is 2.10. The summed E-state index contributed by atoms with van der Waals surface area (Å²) in [7, 11) is 0. The highest BCUT2D eigenvalue weighted by molar-refractivity contribution is 5.77. The second kappa shape index (κ2) is 4.13. The van der Waals surface area contributed by atoms with Crippen LogP contribution in [0, 0.1) is 0 Å². The van der Waals surface area contributed by atoms with Crippen molar-refractivity contribution in [1.29, 1.82) is 0 Å². The van der Waals surface area contributed by atoms with Crippen LogP contribution < -0.4 is 11.5 Å². The molecule has 0 aromatic rings. The molecule has 64 valence electrons. The molecule has 4 N–H and O–H groups in total. The molecule has 0 aliphatic heterocycles. The van der Waals surface area contributed by atoms with Gasteiger partial charge in [-0.15, -0.1) is 0 Å². The van der Waals surface area contributed by atoms with Crippen LogP contribution in [-0.4, -0.2) is 18.3 Å². The summed E-state index contributed by atoms with van der Waals surface area (Å²) in [6.45, 7) is 6.40. The molecule has 0 rings (SSSR count). The monoisotopic (exact) mass is 155 g/mol. The van der Waals surface area contributed by atoms with E-state index in [1.165, 1.54) is 6.20 Å². The van der Waals surface area contributed by atoms with Crippen LogP contribution in [0.3, 0.4) is 0 Å². The summed E-state index contributed by atoms with van der Waals surface area (Å²) in [6, 6.07) is 0. The Labute approximate surface area is 68.2 Å². The first-order valence-corrected chi connectivity index (χ1v) is 3.65. The van der Waals surface area contributed by atoms with E-state index >= 15 is 0 Å². The van der Waals surface area contributed by atoms with Gasteiger partial charge in [0, 0.05) is 12.8 Å². The normalized spacial score (nSPS) is 14.4. The second-order valence-corrected chi connectivity index (χ2v) is 3.19. The molecule has 3 heteroatoms. The summed E-state index contributed by atoms with van der Waals surface area (Å²) >= 11 is 0. The molecule has 11 heavy (non-hydrogen) atoms. The fourth-order valence-electron chi connectivity index (χ4n) is 0.372. The van der Waals surface area contributed by atoms with Crippen molar-refractivity contribution >= 4 is 6.21 Å². The standard InChI is InChI=1S/C8H17N3/c1-7(4-9)5-11-8(2,3)6-10/h4-5H,6,9-10H2,1-3H3/b7-4-,11-5?. The summed E-state index contributed by atoms with van der Waals surface area (Å²) in [5.74, 6) is 0. The van der Waals surface area contributed by atoms with Gasteiger partial charge >= 0.3 is 0 Å². The molecule has 0 spiro atoms. The van der Waals surface area contributed by atoms with Gasteiger partial charge in [0.1, 0.15) is 0 Å². The maximum atomic E-state index is 5.47. The van der Waals surface area contributed by atoms with Crippen LogP contribution in [0.25, 0.3) is 0 Å².